The molecule has 1 aromatic carbocycles. The third kappa shape index (κ3) is 3.08. The van der Waals surface area contributed by atoms with Crippen molar-refractivity contribution in [3.05, 3.63) is 35.7 Å². The number of hydrogen-bond acceptors (Lipinski definition) is 4. The molecule has 0 amide bonds. The lowest BCUT2D eigenvalue weighted by Gasteiger charge is -2.08. The second kappa shape index (κ2) is 4.87. The molecule has 8 heteroatoms. The van der Waals surface area contributed by atoms with Gasteiger partial charge in [-0.1, -0.05) is 0 Å². The third-order valence-electron chi connectivity index (χ3n) is 2.33. The highest BCUT2D eigenvalue weighted by molar-refractivity contribution is 5.86. The number of hydrogen-bond donors (Lipinski definition) is 1. The maximum Gasteiger partial charge on any atom is 0.573 e. The summed E-state index contributed by atoms with van der Waals surface area (Å²) in [6.45, 7) is 1.46. The van der Waals surface area contributed by atoms with Gasteiger partial charge in [-0.25, -0.2) is 9.78 Å². The highest BCUT2D eigenvalue weighted by Gasteiger charge is 2.31. The van der Waals surface area contributed by atoms with Gasteiger partial charge in [0.2, 0.25) is 11.7 Å². The Hall–Kier alpha value is -2.51. The summed E-state index contributed by atoms with van der Waals surface area (Å²) in [5.41, 5.74) is 0.526. The standard InChI is InChI=1S/C12H8F3NO4/c1-6-9(11(17)18)19-10(16-6)7-2-4-8(5-3-7)20-12(13,14)15/h2-5H,1H3,(H,17,18). The number of halogens is 3. The zero-order chi connectivity index (χ0) is 14.9. The van der Waals surface area contributed by atoms with Crippen molar-refractivity contribution in [2.45, 2.75) is 13.3 Å². The van der Waals surface area contributed by atoms with Crippen LogP contribution in [0.2, 0.25) is 0 Å². The van der Waals surface area contributed by atoms with Crippen LogP contribution in [-0.2, 0) is 0 Å². The Morgan fingerprint density at radius 2 is 1.90 bits per heavy atom. The van der Waals surface area contributed by atoms with E-state index < -0.39 is 12.3 Å². The zero-order valence-corrected chi connectivity index (χ0v) is 10.1. The first-order valence-corrected chi connectivity index (χ1v) is 5.33. The summed E-state index contributed by atoms with van der Waals surface area (Å²) < 4.78 is 44.7. The fourth-order valence-corrected chi connectivity index (χ4v) is 1.52. The quantitative estimate of drug-likeness (QED) is 0.938. The number of alkyl halides is 3. The van der Waals surface area contributed by atoms with Gasteiger partial charge >= 0.3 is 12.3 Å². The minimum atomic E-state index is -4.77. The van der Waals surface area contributed by atoms with Crippen LogP contribution in [0.15, 0.2) is 28.7 Å². The van der Waals surface area contributed by atoms with Crippen LogP contribution in [0.3, 0.4) is 0 Å². The summed E-state index contributed by atoms with van der Waals surface area (Å²) in [7, 11) is 0. The molecule has 0 radical (unpaired) electrons. The highest BCUT2D eigenvalue weighted by Crippen LogP contribution is 2.27. The topological polar surface area (TPSA) is 72.6 Å². The molecule has 1 heterocycles. The summed E-state index contributed by atoms with van der Waals surface area (Å²) in [5.74, 6) is -1.95. The maximum absolute atomic E-state index is 12.0. The lowest BCUT2D eigenvalue weighted by Crippen LogP contribution is -2.16. The van der Waals surface area contributed by atoms with Crippen molar-refractivity contribution in [3.8, 4) is 17.2 Å². The molecule has 20 heavy (non-hydrogen) atoms. The van der Waals surface area contributed by atoms with E-state index in [2.05, 4.69) is 9.72 Å². The Balaban J connectivity index is 2.26. The van der Waals surface area contributed by atoms with Crippen molar-refractivity contribution in [1.29, 1.82) is 0 Å². The van der Waals surface area contributed by atoms with E-state index in [1.54, 1.807) is 0 Å². The van der Waals surface area contributed by atoms with Gasteiger partial charge in [-0.3, -0.25) is 0 Å². The van der Waals surface area contributed by atoms with Gasteiger partial charge in [-0.05, 0) is 31.2 Å². The average Bonchev–Trinajstić information content (AvgIpc) is 2.70. The van der Waals surface area contributed by atoms with E-state index >= 15 is 0 Å². The maximum atomic E-state index is 12.0. The van der Waals surface area contributed by atoms with Gasteiger partial charge in [0.25, 0.3) is 0 Å². The van der Waals surface area contributed by atoms with Gasteiger partial charge < -0.3 is 14.3 Å². The third-order valence-corrected chi connectivity index (χ3v) is 2.33. The normalized spacial score (nSPS) is 11.4. The van der Waals surface area contributed by atoms with Crippen LogP contribution in [0.1, 0.15) is 16.2 Å². The van der Waals surface area contributed by atoms with Crippen LogP contribution < -0.4 is 4.74 Å². The molecule has 0 unspecified atom stereocenters. The van der Waals surface area contributed by atoms with Gasteiger partial charge in [0.05, 0.1) is 5.69 Å². The molecular formula is C12H8F3NO4. The van der Waals surface area contributed by atoms with E-state index in [9.17, 15) is 18.0 Å². The zero-order valence-electron chi connectivity index (χ0n) is 10.1. The van der Waals surface area contributed by atoms with Crippen LogP contribution in [0.5, 0.6) is 5.75 Å². The number of carboxylic acids is 1. The molecule has 0 spiro atoms. The number of aromatic nitrogens is 1. The van der Waals surface area contributed by atoms with Crippen LogP contribution in [0.25, 0.3) is 11.5 Å². The van der Waals surface area contributed by atoms with Gasteiger partial charge in [0.1, 0.15) is 5.75 Å². The molecule has 0 bridgehead atoms. The molecule has 0 fully saturated rings. The van der Waals surface area contributed by atoms with Crippen LogP contribution in [-0.4, -0.2) is 22.4 Å². The van der Waals surface area contributed by atoms with Gasteiger partial charge in [-0.2, -0.15) is 0 Å². The number of rotatable bonds is 3. The van der Waals surface area contributed by atoms with Gasteiger partial charge in [0.15, 0.2) is 0 Å². The Bertz CT molecular complexity index is 631. The number of carboxylic acid groups (broad SMARTS) is 1. The Kier molecular flexibility index (Phi) is 3.39. The number of benzene rings is 1. The van der Waals surface area contributed by atoms with Crippen LogP contribution in [0, 0.1) is 6.92 Å². The molecular weight excluding hydrogens is 279 g/mol. The fourth-order valence-electron chi connectivity index (χ4n) is 1.52. The summed E-state index contributed by atoms with van der Waals surface area (Å²) in [5, 5.41) is 8.82. The number of aryl methyl sites for hydroxylation is 1. The van der Waals surface area contributed by atoms with Crippen molar-refractivity contribution in [1.82, 2.24) is 4.98 Å². The smallest absolute Gasteiger partial charge is 0.475 e. The lowest BCUT2D eigenvalue weighted by molar-refractivity contribution is -0.274. The Morgan fingerprint density at radius 1 is 1.30 bits per heavy atom. The number of nitrogens with zero attached hydrogens (tertiary/aromatic N) is 1. The van der Waals surface area contributed by atoms with E-state index in [4.69, 9.17) is 9.52 Å². The van der Waals surface area contributed by atoms with E-state index in [-0.39, 0.29) is 23.1 Å². The van der Waals surface area contributed by atoms with Crippen molar-refractivity contribution in [2.75, 3.05) is 0 Å². The second-order valence-electron chi connectivity index (χ2n) is 3.81. The largest absolute Gasteiger partial charge is 0.573 e. The molecule has 1 N–H and O–H groups in total. The number of oxazole rings is 1. The predicted molar refractivity (Wildman–Crippen MR) is 60.3 cm³/mol. The van der Waals surface area contributed by atoms with E-state index in [0.717, 1.165) is 12.1 Å². The summed E-state index contributed by atoms with van der Waals surface area (Å²) >= 11 is 0. The first-order valence-electron chi connectivity index (χ1n) is 5.33. The van der Waals surface area contributed by atoms with Crippen molar-refractivity contribution < 1.29 is 32.2 Å². The molecule has 2 aromatic rings. The molecule has 2 rings (SSSR count). The molecule has 0 saturated heterocycles. The fraction of sp³-hybridized carbons (Fsp3) is 0.167. The molecule has 106 valence electrons. The monoisotopic (exact) mass is 287 g/mol. The number of ether oxygens (including phenoxy) is 1. The molecule has 1 aromatic heterocycles. The molecule has 0 aliphatic rings. The first-order chi connectivity index (χ1) is 9.26. The van der Waals surface area contributed by atoms with E-state index in [1.807, 2.05) is 0 Å². The molecule has 0 atom stereocenters. The number of aromatic carboxylic acids is 1. The highest BCUT2D eigenvalue weighted by atomic mass is 19.4. The number of carbonyl (C=O) groups is 1. The summed E-state index contributed by atoms with van der Waals surface area (Å²) in [6, 6.07) is 4.75. The van der Waals surface area contributed by atoms with Crippen molar-refractivity contribution in [2.24, 2.45) is 0 Å². The molecule has 0 saturated carbocycles. The molecule has 0 aliphatic heterocycles. The lowest BCUT2D eigenvalue weighted by atomic mass is 10.2. The van der Waals surface area contributed by atoms with E-state index in [0.29, 0.717) is 5.56 Å². The molecule has 5 nitrogen and oxygen atoms in total. The average molecular weight is 287 g/mol. The summed E-state index contributed by atoms with van der Waals surface area (Å²) in [6.07, 6.45) is -4.77. The van der Waals surface area contributed by atoms with Crippen molar-refractivity contribution >= 4 is 5.97 Å². The Morgan fingerprint density at radius 3 is 2.35 bits per heavy atom. The Labute approximate surface area is 110 Å². The second-order valence-corrected chi connectivity index (χ2v) is 3.81. The van der Waals surface area contributed by atoms with Crippen LogP contribution >= 0.6 is 0 Å². The SMILES string of the molecule is Cc1nc(-c2ccc(OC(F)(F)F)cc2)oc1C(=O)O. The minimum absolute atomic E-state index is 0.0125. The van der Waals surface area contributed by atoms with Crippen LogP contribution in [0.4, 0.5) is 13.2 Å². The summed E-state index contributed by atoms with van der Waals surface area (Å²) in [4.78, 5) is 14.7. The van der Waals surface area contributed by atoms with E-state index in [1.165, 1.54) is 19.1 Å². The first kappa shape index (κ1) is 13.9. The van der Waals surface area contributed by atoms with Gasteiger partial charge in [-0.15, -0.1) is 13.2 Å². The van der Waals surface area contributed by atoms with Gasteiger partial charge in [0, 0.05) is 5.56 Å². The van der Waals surface area contributed by atoms with Crippen molar-refractivity contribution in [3.63, 3.8) is 0 Å². The molecule has 0 aliphatic carbocycles. The minimum Gasteiger partial charge on any atom is -0.475 e. The predicted octanol–water partition coefficient (Wildman–Crippen LogP) is 3.25.